The predicted octanol–water partition coefficient (Wildman–Crippen LogP) is 2.07. The number of carbonyl (C=O) groups is 1. The molecule has 3 unspecified atom stereocenters. The topological polar surface area (TPSA) is 38.8 Å². The summed E-state index contributed by atoms with van der Waals surface area (Å²) in [7, 11) is 1.44. The zero-order valence-corrected chi connectivity index (χ0v) is 12.4. The fourth-order valence-corrected chi connectivity index (χ4v) is 3.67. The second-order valence-corrected chi connectivity index (χ2v) is 6.34. The Morgan fingerprint density at radius 1 is 1.26 bits per heavy atom. The number of ether oxygens (including phenoxy) is 2. The van der Waals surface area contributed by atoms with Gasteiger partial charge < -0.3 is 9.47 Å². The molecule has 1 aliphatic carbocycles. The third kappa shape index (κ3) is 4.18. The van der Waals surface area contributed by atoms with Gasteiger partial charge in [0.1, 0.15) is 0 Å². The first-order valence-corrected chi connectivity index (χ1v) is 7.51. The average Bonchev–Trinajstić information content (AvgIpc) is 2.38. The van der Waals surface area contributed by atoms with E-state index in [-0.39, 0.29) is 12.1 Å². The van der Waals surface area contributed by atoms with Crippen LogP contribution in [0.25, 0.3) is 0 Å². The molecule has 4 heteroatoms. The second kappa shape index (κ2) is 6.71. The van der Waals surface area contributed by atoms with Crippen LogP contribution in [0.4, 0.5) is 0 Å². The van der Waals surface area contributed by atoms with Crippen molar-refractivity contribution in [2.45, 2.75) is 51.7 Å². The summed E-state index contributed by atoms with van der Waals surface area (Å²) >= 11 is 0. The van der Waals surface area contributed by atoms with Gasteiger partial charge in [-0.25, -0.2) is 0 Å². The van der Waals surface area contributed by atoms with Gasteiger partial charge in [-0.15, -0.1) is 0 Å². The van der Waals surface area contributed by atoms with Crippen LogP contribution in [-0.4, -0.2) is 49.8 Å². The lowest BCUT2D eigenvalue weighted by molar-refractivity contribution is -0.146. The van der Waals surface area contributed by atoms with E-state index in [0.717, 1.165) is 31.5 Å². The lowest BCUT2D eigenvalue weighted by atomic mass is 9.79. The maximum Gasteiger partial charge on any atom is 0.308 e. The van der Waals surface area contributed by atoms with E-state index >= 15 is 0 Å². The molecule has 4 nitrogen and oxygen atoms in total. The summed E-state index contributed by atoms with van der Waals surface area (Å²) in [5, 5.41) is 0. The molecule has 0 aromatic heterocycles. The van der Waals surface area contributed by atoms with E-state index in [1.165, 1.54) is 26.4 Å². The van der Waals surface area contributed by atoms with Crippen molar-refractivity contribution in [1.29, 1.82) is 0 Å². The number of morpholine rings is 1. The molecule has 0 spiro atoms. The number of nitrogens with zero attached hydrogens (tertiary/aromatic N) is 1. The summed E-state index contributed by atoms with van der Waals surface area (Å²) in [6, 6.07) is 0.669. The van der Waals surface area contributed by atoms with Gasteiger partial charge in [0.2, 0.25) is 0 Å². The number of methoxy groups -OCH3 is 1. The fourth-order valence-electron chi connectivity index (χ4n) is 3.67. The Morgan fingerprint density at radius 3 is 2.58 bits per heavy atom. The van der Waals surface area contributed by atoms with Crippen LogP contribution >= 0.6 is 0 Å². The van der Waals surface area contributed by atoms with Gasteiger partial charge in [-0.3, -0.25) is 9.69 Å². The first kappa shape index (κ1) is 14.8. The average molecular weight is 269 g/mol. The molecule has 0 aromatic rings. The van der Waals surface area contributed by atoms with E-state index in [1.54, 1.807) is 0 Å². The van der Waals surface area contributed by atoms with Crippen LogP contribution in [0.5, 0.6) is 0 Å². The van der Waals surface area contributed by atoms with E-state index < -0.39 is 0 Å². The van der Waals surface area contributed by atoms with Crippen LogP contribution in [0.15, 0.2) is 0 Å². The highest BCUT2D eigenvalue weighted by molar-refractivity contribution is 5.69. The predicted molar refractivity (Wildman–Crippen MR) is 73.9 cm³/mol. The molecule has 2 fully saturated rings. The number of hydrogen-bond acceptors (Lipinski definition) is 4. The summed E-state index contributed by atoms with van der Waals surface area (Å²) in [6.45, 7) is 7.33. The molecule has 110 valence electrons. The van der Waals surface area contributed by atoms with Crippen LogP contribution in [0.1, 0.15) is 39.5 Å². The standard InChI is InChI=1S/C15H27NO3/c1-11-6-12(2)8-13(7-11)16-4-5-19-14(10-16)9-15(17)18-3/h11-14H,4-10H2,1-3H3. The summed E-state index contributed by atoms with van der Waals surface area (Å²) in [5.41, 5.74) is 0. The fraction of sp³-hybridized carbons (Fsp3) is 0.933. The number of hydrogen-bond donors (Lipinski definition) is 0. The Balaban J connectivity index is 1.87. The van der Waals surface area contributed by atoms with Crippen molar-refractivity contribution in [3.8, 4) is 0 Å². The second-order valence-electron chi connectivity index (χ2n) is 6.34. The van der Waals surface area contributed by atoms with Crippen LogP contribution < -0.4 is 0 Å². The molecule has 2 rings (SSSR count). The normalized spacial score (nSPS) is 37.0. The van der Waals surface area contributed by atoms with Crippen LogP contribution in [0, 0.1) is 11.8 Å². The Morgan fingerprint density at radius 2 is 1.95 bits per heavy atom. The number of rotatable bonds is 3. The van der Waals surface area contributed by atoms with Crippen LogP contribution in [0.3, 0.4) is 0 Å². The highest BCUT2D eigenvalue weighted by atomic mass is 16.5. The van der Waals surface area contributed by atoms with E-state index in [9.17, 15) is 4.79 Å². The highest BCUT2D eigenvalue weighted by Crippen LogP contribution is 2.32. The lowest BCUT2D eigenvalue weighted by Gasteiger charge is -2.42. The Hall–Kier alpha value is -0.610. The molecule has 1 saturated heterocycles. The van der Waals surface area contributed by atoms with E-state index in [0.29, 0.717) is 12.5 Å². The van der Waals surface area contributed by atoms with Crippen molar-refractivity contribution in [3.05, 3.63) is 0 Å². The minimum absolute atomic E-state index is 0.00809. The summed E-state index contributed by atoms with van der Waals surface area (Å²) in [6.07, 6.45) is 4.32. The van der Waals surface area contributed by atoms with Crippen molar-refractivity contribution in [3.63, 3.8) is 0 Å². The minimum atomic E-state index is -0.169. The van der Waals surface area contributed by atoms with E-state index in [1.807, 2.05) is 0 Å². The smallest absolute Gasteiger partial charge is 0.308 e. The molecule has 0 N–H and O–H groups in total. The van der Waals surface area contributed by atoms with Gasteiger partial charge in [-0.05, 0) is 31.1 Å². The van der Waals surface area contributed by atoms with Crippen LogP contribution in [-0.2, 0) is 14.3 Å². The first-order valence-electron chi connectivity index (χ1n) is 7.51. The summed E-state index contributed by atoms with van der Waals surface area (Å²) < 4.78 is 10.4. The summed E-state index contributed by atoms with van der Waals surface area (Å²) in [5.74, 6) is 1.46. The molecular formula is C15H27NO3. The third-order valence-corrected chi connectivity index (χ3v) is 4.46. The van der Waals surface area contributed by atoms with Gasteiger partial charge in [0.15, 0.2) is 0 Å². The van der Waals surface area contributed by atoms with Crippen molar-refractivity contribution < 1.29 is 14.3 Å². The zero-order valence-electron chi connectivity index (χ0n) is 12.4. The molecule has 19 heavy (non-hydrogen) atoms. The van der Waals surface area contributed by atoms with E-state index in [4.69, 9.17) is 9.47 Å². The minimum Gasteiger partial charge on any atom is -0.469 e. The SMILES string of the molecule is COC(=O)CC1CN(C2CC(C)CC(C)C2)CCO1. The molecule has 1 aliphatic heterocycles. The van der Waals surface area contributed by atoms with Gasteiger partial charge in [0.05, 0.1) is 26.2 Å². The zero-order chi connectivity index (χ0) is 13.8. The Bertz CT molecular complexity index is 298. The van der Waals surface area contributed by atoms with E-state index in [2.05, 4.69) is 18.7 Å². The van der Waals surface area contributed by atoms with Gasteiger partial charge in [0.25, 0.3) is 0 Å². The summed E-state index contributed by atoms with van der Waals surface area (Å²) in [4.78, 5) is 13.9. The van der Waals surface area contributed by atoms with Crippen molar-refractivity contribution in [2.75, 3.05) is 26.8 Å². The van der Waals surface area contributed by atoms with Gasteiger partial charge in [-0.1, -0.05) is 13.8 Å². The van der Waals surface area contributed by atoms with Crippen molar-refractivity contribution in [1.82, 2.24) is 4.90 Å². The molecular weight excluding hydrogens is 242 g/mol. The van der Waals surface area contributed by atoms with Gasteiger partial charge in [0, 0.05) is 19.1 Å². The molecule has 1 heterocycles. The van der Waals surface area contributed by atoms with Crippen molar-refractivity contribution >= 4 is 5.97 Å². The van der Waals surface area contributed by atoms with Gasteiger partial charge >= 0.3 is 5.97 Å². The van der Waals surface area contributed by atoms with Crippen LogP contribution in [0.2, 0.25) is 0 Å². The third-order valence-electron chi connectivity index (χ3n) is 4.46. The van der Waals surface area contributed by atoms with Gasteiger partial charge in [-0.2, -0.15) is 0 Å². The number of carbonyl (C=O) groups excluding carboxylic acids is 1. The molecule has 2 aliphatic rings. The highest BCUT2D eigenvalue weighted by Gasteiger charge is 2.32. The first-order chi connectivity index (χ1) is 9.08. The molecule has 0 amide bonds. The molecule has 0 radical (unpaired) electrons. The lowest BCUT2D eigenvalue weighted by Crippen LogP contribution is -2.50. The maximum absolute atomic E-state index is 11.3. The molecule has 3 atom stereocenters. The Labute approximate surface area is 116 Å². The maximum atomic E-state index is 11.3. The molecule has 0 aromatic carbocycles. The monoisotopic (exact) mass is 269 g/mol. The molecule has 0 bridgehead atoms. The van der Waals surface area contributed by atoms with Crippen molar-refractivity contribution in [2.24, 2.45) is 11.8 Å². The molecule has 1 saturated carbocycles. The Kier molecular flexibility index (Phi) is 5.22. The number of esters is 1. The largest absolute Gasteiger partial charge is 0.469 e. The quantitative estimate of drug-likeness (QED) is 0.735.